The molecule has 40 heavy (non-hydrogen) atoms. The molecule has 2 amide bonds. The predicted octanol–water partition coefficient (Wildman–Crippen LogP) is 2.50. The van der Waals surface area contributed by atoms with E-state index in [0.717, 1.165) is 4.88 Å². The Balaban J connectivity index is 1.26. The van der Waals surface area contributed by atoms with E-state index in [2.05, 4.69) is 20.4 Å². The molecule has 3 aliphatic rings. The minimum Gasteiger partial charge on any atom is -0.453 e. The van der Waals surface area contributed by atoms with E-state index in [1.165, 1.54) is 30.6 Å². The molecule has 0 unspecified atom stereocenters. The molecule has 14 heteroatoms. The number of methoxy groups -OCH3 is 1. The van der Waals surface area contributed by atoms with Crippen LogP contribution in [0.1, 0.15) is 36.6 Å². The van der Waals surface area contributed by atoms with Gasteiger partial charge in [-0.25, -0.2) is 18.2 Å². The zero-order chi connectivity index (χ0) is 28.3. The van der Waals surface area contributed by atoms with Crippen molar-refractivity contribution in [1.29, 1.82) is 0 Å². The number of aromatic nitrogens is 1. The van der Waals surface area contributed by atoms with E-state index in [-0.39, 0.29) is 34.1 Å². The van der Waals surface area contributed by atoms with Gasteiger partial charge in [0.15, 0.2) is 26.8 Å². The van der Waals surface area contributed by atoms with Gasteiger partial charge in [0.1, 0.15) is 0 Å². The second kappa shape index (κ2) is 12.2. The quantitative estimate of drug-likeness (QED) is 0.344. The van der Waals surface area contributed by atoms with Gasteiger partial charge < -0.3 is 19.2 Å². The Morgan fingerprint density at radius 2 is 1.98 bits per heavy atom. The number of rotatable bonds is 9. The van der Waals surface area contributed by atoms with Crippen molar-refractivity contribution in [3.63, 3.8) is 0 Å². The largest absolute Gasteiger partial charge is 0.453 e. The third-order valence-corrected chi connectivity index (χ3v) is 10.3. The van der Waals surface area contributed by atoms with E-state index in [0.29, 0.717) is 69.4 Å². The minimum atomic E-state index is -3.35. The zero-order valence-electron chi connectivity index (χ0n) is 22.4. The van der Waals surface area contributed by atoms with E-state index in [9.17, 15) is 18.0 Å². The summed E-state index contributed by atoms with van der Waals surface area (Å²) >= 11 is 1.35. The number of amides is 2. The fourth-order valence-corrected chi connectivity index (χ4v) is 7.21. The van der Waals surface area contributed by atoms with Crippen LogP contribution in [-0.4, -0.2) is 98.3 Å². The molecule has 3 fully saturated rings. The molecule has 2 atom stereocenters. The van der Waals surface area contributed by atoms with Crippen LogP contribution in [-0.2, 0) is 35.5 Å². The molecule has 12 nitrogen and oxygen atoms in total. The average molecular weight is 592 g/mol. The lowest BCUT2D eigenvalue weighted by atomic mass is 10.1. The van der Waals surface area contributed by atoms with Gasteiger partial charge in [-0.15, -0.1) is 11.3 Å². The Kier molecular flexibility index (Phi) is 8.68. The summed E-state index contributed by atoms with van der Waals surface area (Å²) in [5.74, 6) is -0.516. The normalized spacial score (nSPS) is 22.2. The summed E-state index contributed by atoms with van der Waals surface area (Å²) in [5.41, 5.74) is 0.451. The maximum absolute atomic E-state index is 13.3. The van der Waals surface area contributed by atoms with Crippen molar-refractivity contribution in [2.45, 2.75) is 55.0 Å². The van der Waals surface area contributed by atoms with Crippen LogP contribution in [0.4, 0.5) is 9.93 Å². The number of nitrogens with zero attached hydrogens (tertiary/aromatic N) is 4. The van der Waals surface area contributed by atoms with Crippen LogP contribution in [0.5, 0.6) is 0 Å². The van der Waals surface area contributed by atoms with Crippen molar-refractivity contribution in [2.75, 3.05) is 45.3 Å². The highest BCUT2D eigenvalue weighted by Crippen LogP contribution is 2.33. The number of hydrogen-bond acceptors (Lipinski definition) is 11. The summed E-state index contributed by atoms with van der Waals surface area (Å²) in [6.45, 7) is 5.53. The Morgan fingerprint density at radius 3 is 2.62 bits per heavy atom. The highest BCUT2D eigenvalue weighted by atomic mass is 32.2. The topological polar surface area (TPSA) is 140 Å². The second-order valence-electron chi connectivity index (χ2n) is 10.1. The van der Waals surface area contributed by atoms with E-state index in [4.69, 9.17) is 14.3 Å². The molecule has 0 bridgehead atoms. The van der Waals surface area contributed by atoms with Crippen molar-refractivity contribution >= 4 is 44.0 Å². The Hall–Kier alpha value is -3.07. The standard InChI is InChI=1S/C26H33N5O7S2/c1-17-14-30(10-11-31(17)26(33)36-2)15-20-13-27-25(39-20)28-24(32)23(29-38-19-9-12-37-16-19)18-3-5-21(6-4-18)40(34,35)22-7-8-22/h3-6,13,17,19,22H,7-12,14-16H2,1-2H3,(H,27,28,32)/b29-23+/t17-,19+/m0/s1. The Morgan fingerprint density at radius 1 is 1.20 bits per heavy atom. The van der Waals surface area contributed by atoms with Gasteiger partial charge in [0.05, 0.1) is 30.5 Å². The maximum Gasteiger partial charge on any atom is 0.409 e. The molecule has 1 aromatic carbocycles. The fraction of sp³-hybridized carbons (Fsp3) is 0.538. The molecule has 2 saturated heterocycles. The Bertz CT molecular complexity index is 1350. The number of oxime groups is 1. The van der Waals surface area contributed by atoms with Crippen molar-refractivity contribution in [2.24, 2.45) is 5.16 Å². The minimum absolute atomic E-state index is 0.0167. The van der Waals surface area contributed by atoms with Crippen LogP contribution in [0.15, 0.2) is 40.5 Å². The summed E-state index contributed by atoms with van der Waals surface area (Å²) in [6.07, 6.45) is 3.16. The van der Waals surface area contributed by atoms with Crippen molar-refractivity contribution < 1.29 is 32.3 Å². The molecule has 0 radical (unpaired) electrons. The van der Waals surface area contributed by atoms with Gasteiger partial charge in [0.25, 0.3) is 5.91 Å². The number of carbonyl (C=O) groups is 2. The first-order valence-electron chi connectivity index (χ1n) is 13.2. The van der Waals surface area contributed by atoms with Crippen LogP contribution >= 0.6 is 11.3 Å². The molecule has 216 valence electrons. The van der Waals surface area contributed by atoms with Crippen molar-refractivity contribution in [3.8, 4) is 0 Å². The number of sulfone groups is 1. The lowest BCUT2D eigenvalue weighted by molar-refractivity contribution is -0.110. The van der Waals surface area contributed by atoms with Crippen LogP contribution in [0.3, 0.4) is 0 Å². The number of thiazole rings is 1. The molecule has 2 aromatic rings. The molecule has 0 spiro atoms. The first-order valence-corrected chi connectivity index (χ1v) is 15.6. The van der Waals surface area contributed by atoms with Gasteiger partial charge in [-0.2, -0.15) is 0 Å². The summed E-state index contributed by atoms with van der Waals surface area (Å²) in [5, 5.41) is 7.04. The van der Waals surface area contributed by atoms with E-state index in [1.807, 2.05) is 6.92 Å². The molecule has 1 aromatic heterocycles. The van der Waals surface area contributed by atoms with Gasteiger partial charge >= 0.3 is 6.09 Å². The summed E-state index contributed by atoms with van der Waals surface area (Å²) < 4.78 is 35.4. The smallest absolute Gasteiger partial charge is 0.409 e. The van der Waals surface area contributed by atoms with Gasteiger partial charge in [0, 0.05) is 55.3 Å². The first kappa shape index (κ1) is 28.5. The monoisotopic (exact) mass is 591 g/mol. The third kappa shape index (κ3) is 6.62. The molecular formula is C26H33N5O7S2. The number of hydrogen-bond donors (Lipinski definition) is 1. The molecule has 5 rings (SSSR count). The molecule has 1 saturated carbocycles. The first-order chi connectivity index (χ1) is 19.2. The number of piperazine rings is 1. The summed E-state index contributed by atoms with van der Waals surface area (Å²) in [4.78, 5) is 40.3. The van der Waals surface area contributed by atoms with E-state index >= 15 is 0 Å². The highest BCUT2D eigenvalue weighted by Gasteiger charge is 2.37. The lowest BCUT2D eigenvalue weighted by Gasteiger charge is -2.38. The van der Waals surface area contributed by atoms with Crippen molar-refractivity contribution in [1.82, 2.24) is 14.8 Å². The zero-order valence-corrected chi connectivity index (χ0v) is 24.1. The average Bonchev–Trinajstić information content (AvgIpc) is 3.53. The second-order valence-corrected chi connectivity index (χ2v) is 13.5. The van der Waals surface area contributed by atoms with E-state index < -0.39 is 15.7 Å². The van der Waals surface area contributed by atoms with Crippen LogP contribution < -0.4 is 5.32 Å². The van der Waals surface area contributed by atoms with Gasteiger partial charge in [-0.05, 0) is 31.9 Å². The van der Waals surface area contributed by atoms with Crippen LogP contribution in [0.25, 0.3) is 0 Å². The highest BCUT2D eigenvalue weighted by molar-refractivity contribution is 7.92. The number of anilines is 1. The molecule has 1 N–H and O–H groups in total. The van der Waals surface area contributed by atoms with Crippen molar-refractivity contribution in [3.05, 3.63) is 40.9 Å². The predicted molar refractivity (Wildman–Crippen MR) is 148 cm³/mol. The molecule has 1 aliphatic carbocycles. The van der Waals surface area contributed by atoms with Gasteiger partial charge in [-0.1, -0.05) is 17.3 Å². The summed E-state index contributed by atoms with van der Waals surface area (Å²) in [7, 11) is -1.97. The molecule has 2 aliphatic heterocycles. The fourth-order valence-electron chi connectivity index (χ4n) is 4.70. The van der Waals surface area contributed by atoms with Crippen LogP contribution in [0.2, 0.25) is 0 Å². The maximum atomic E-state index is 13.3. The number of nitrogens with one attached hydrogen (secondary N) is 1. The SMILES string of the molecule is COC(=O)N1CCN(Cc2cnc(NC(=O)/C(=N/O[C@@H]3CCOC3)c3ccc(S(=O)(=O)C4CC4)cc3)s2)C[C@@H]1C. The summed E-state index contributed by atoms with van der Waals surface area (Å²) in [6, 6.07) is 6.18. The third-order valence-electron chi connectivity index (χ3n) is 7.09. The number of carbonyl (C=O) groups excluding carboxylic acids is 2. The molecular weight excluding hydrogens is 558 g/mol. The number of ether oxygens (including phenoxy) is 2. The Labute approximate surface area is 237 Å². The van der Waals surface area contributed by atoms with Gasteiger partial charge in [0.2, 0.25) is 0 Å². The lowest BCUT2D eigenvalue weighted by Crippen LogP contribution is -2.53. The van der Waals surface area contributed by atoms with Gasteiger partial charge in [-0.3, -0.25) is 15.0 Å². The molecule has 3 heterocycles. The van der Waals surface area contributed by atoms with E-state index in [1.54, 1.807) is 23.2 Å². The van der Waals surface area contributed by atoms with Crippen LogP contribution in [0, 0.1) is 0 Å². The number of benzene rings is 1.